The molecule has 2 aromatic carbocycles. The molecule has 0 unspecified atom stereocenters. The molecule has 0 radical (unpaired) electrons. The van der Waals surface area contributed by atoms with E-state index >= 15 is 0 Å². The number of nitrogens with one attached hydrogen (secondary N) is 1. The number of aromatic nitrogens is 2. The molecule has 0 saturated carbocycles. The fourth-order valence-electron chi connectivity index (χ4n) is 2.99. The summed E-state index contributed by atoms with van der Waals surface area (Å²) in [6.45, 7) is 4.80. The van der Waals surface area contributed by atoms with Gasteiger partial charge in [0.2, 0.25) is 12.7 Å². The highest BCUT2D eigenvalue weighted by Gasteiger charge is 2.13. The van der Waals surface area contributed by atoms with E-state index in [1.807, 2.05) is 30.3 Å². The van der Waals surface area contributed by atoms with Gasteiger partial charge in [0.15, 0.2) is 11.5 Å². The molecule has 7 heteroatoms. The third-order valence-corrected chi connectivity index (χ3v) is 5.51. The number of thioether (sulfide) groups is 1. The molecule has 1 aliphatic heterocycles. The summed E-state index contributed by atoms with van der Waals surface area (Å²) in [6, 6.07) is 15.8. The number of ether oxygens (including phenoxy) is 2. The Balaban J connectivity index is 1.29. The van der Waals surface area contributed by atoms with Crippen LogP contribution in [-0.4, -0.2) is 28.7 Å². The first kappa shape index (κ1) is 19.3. The minimum absolute atomic E-state index is 0.0620. The third-order valence-electron chi connectivity index (χ3n) is 4.59. The summed E-state index contributed by atoms with van der Waals surface area (Å²) in [4.78, 5) is 12.2. The minimum Gasteiger partial charge on any atom is -0.454 e. The number of nitrogens with zero attached hydrogens (tertiary/aromatic N) is 2. The highest BCUT2D eigenvalue weighted by Crippen LogP contribution is 2.32. The second-order valence-electron chi connectivity index (χ2n) is 6.83. The van der Waals surface area contributed by atoms with Crippen LogP contribution in [0.1, 0.15) is 16.7 Å². The zero-order chi connectivity index (χ0) is 20.2. The maximum absolute atomic E-state index is 12.2. The van der Waals surface area contributed by atoms with Crippen LogP contribution in [0.4, 0.5) is 0 Å². The van der Waals surface area contributed by atoms with Crippen LogP contribution >= 0.6 is 11.8 Å². The highest BCUT2D eigenvalue weighted by atomic mass is 32.2. The lowest BCUT2D eigenvalue weighted by Crippen LogP contribution is -2.24. The Labute approximate surface area is 173 Å². The van der Waals surface area contributed by atoms with Gasteiger partial charge in [0.25, 0.3) is 0 Å². The largest absolute Gasteiger partial charge is 0.454 e. The van der Waals surface area contributed by atoms with Crippen molar-refractivity contribution in [3.63, 3.8) is 0 Å². The summed E-state index contributed by atoms with van der Waals surface area (Å²) in [6.07, 6.45) is 0. The molecule has 0 atom stereocenters. The summed E-state index contributed by atoms with van der Waals surface area (Å²) in [5, 5.41) is 12.2. The molecule has 148 valence electrons. The summed E-state index contributed by atoms with van der Waals surface area (Å²) < 4.78 is 10.6. The fourth-order valence-corrected chi connectivity index (χ4v) is 3.64. The summed E-state index contributed by atoms with van der Waals surface area (Å²) in [7, 11) is 0. The van der Waals surface area contributed by atoms with E-state index in [0.29, 0.717) is 12.3 Å². The molecule has 0 fully saturated rings. The number of hydrogen-bond donors (Lipinski definition) is 1. The number of aryl methyl sites for hydroxylation is 2. The molecular weight excluding hydrogens is 386 g/mol. The normalized spacial score (nSPS) is 12.1. The van der Waals surface area contributed by atoms with Crippen molar-refractivity contribution >= 4 is 17.7 Å². The first-order chi connectivity index (χ1) is 14.1. The first-order valence-corrected chi connectivity index (χ1v) is 10.3. The molecule has 4 rings (SSSR count). The zero-order valence-corrected chi connectivity index (χ0v) is 17.1. The Morgan fingerprint density at radius 2 is 1.90 bits per heavy atom. The number of carbonyl (C=O) groups is 1. The van der Waals surface area contributed by atoms with Crippen molar-refractivity contribution in [3.8, 4) is 22.8 Å². The topological polar surface area (TPSA) is 73.3 Å². The summed E-state index contributed by atoms with van der Waals surface area (Å²) >= 11 is 1.36. The zero-order valence-electron chi connectivity index (χ0n) is 16.3. The van der Waals surface area contributed by atoms with E-state index in [1.54, 1.807) is 0 Å². The molecule has 2 heterocycles. The summed E-state index contributed by atoms with van der Waals surface area (Å²) in [5.74, 6) is 1.67. The van der Waals surface area contributed by atoms with Crippen molar-refractivity contribution in [3.05, 3.63) is 65.2 Å². The van der Waals surface area contributed by atoms with Crippen molar-refractivity contribution in [2.45, 2.75) is 25.4 Å². The quantitative estimate of drug-likeness (QED) is 0.625. The molecule has 0 saturated heterocycles. The van der Waals surface area contributed by atoms with E-state index in [-0.39, 0.29) is 18.5 Å². The van der Waals surface area contributed by atoms with Crippen molar-refractivity contribution < 1.29 is 14.3 Å². The average molecular weight is 407 g/mol. The van der Waals surface area contributed by atoms with E-state index in [1.165, 1.54) is 17.3 Å². The molecular formula is C22H21N3O3S. The van der Waals surface area contributed by atoms with Crippen molar-refractivity contribution in [1.82, 2.24) is 15.5 Å². The van der Waals surface area contributed by atoms with E-state index in [9.17, 15) is 4.79 Å². The third kappa shape index (κ3) is 4.68. The molecule has 1 aromatic heterocycles. The van der Waals surface area contributed by atoms with Crippen LogP contribution in [0, 0.1) is 13.8 Å². The lowest BCUT2D eigenvalue weighted by molar-refractivity contribution is -0.118. The van der Waals surface area contributed by atoms with Crippen LogP contribution in [0.25, 0.3) is 11.3 Å². The van der Waals surface area contributed by atoms with Gasteiger partial charge in [0.1, 0.15) is 5.03 Å². The Hall–Kier alpha value is -3.06. The Bertz CT molecular complexity index is 1040. The lowest BCUT2D eigenvalue weighted by atomic mass is 10.0. The van der Waals surface area contributed by atoms with Crippen molar-refractivity contribution in [2.24, 2.45) is 0 Å². The predicted octanol–water partition coefficient (Wildman–Crippen LogP) is 3.90. The van der Waals surface area contributed by atoms with Crippen LogP contribution < -0.4 is 14.8 Å². The molecule has 1 amide bonds. The van der Waals surface area contributed by atoms with Gasteiger partial charge in [0, 0.05) is 12.1 Å². The Morgan fingerprint density at radius 1 is 1.03 bits per heavy atom. The van der Waals surface area contributed by atoms with Crippen molar-refractivity contribution in [1.29, 1.82) is 0 Å². The standard InChI is InChI=1S/C22H21N3O3S/c1-14-3-4-15(2)17(9-14)18-6-8-22(25-24-18)29-12-21(26)23-11-16-5-7-19-20(10-16)28-13-27-19/h3-10H,11-13H2,1-2H3,(H,23,26). The number of carbonyl (C=O) groups excluding carboxylic acids is 1. The van der Waals surface area contributed by atoms with Gasteiger partial charge in [-0.05, 0) is 55.3 Å². The molecule has 3 aromatic rings. The fraction of sp³-hybridized carbons (Fsp3) is 0.227. The van der Waals surface area contributed by atoms with Gasteiger partial charge >= 0.3 is 0 Å². The van der Waals surface area contributed by atoms with Crippen LogP contribution in [0.2, 0.25) is 0 Å². The average Bonchev–Trinajstić information content (AvgIpc) is 3.21. The van der Waals surface area contributed by atoms with Gasteiger partial charge in [0.05, 0.1) is 11.4 Å². The predicted molar refractivity (Wildman–Crippen MR) is 112 cm³/mol. The van der Waals surface area contributed by atoms with Gasteiger partial charge in [-0.25, -0.2) is 0 Å². The van der Waals surface area contributed by atoms with E-state index in [2.05, 4.69) is 47.6 Å². The first-order valence-electron chi connectivity index (χ1n) is 9.28. The van der Waals surface area contributed by atoms with Gasteiger partial charge in [-0.3, -0.25) is 4.79 Å². The van der Waals surface area contributed by atoms with Crippen LogP contribution in [0.15, 0.2) is 53.6 Å². The monoisotopic (exact) mass is 407 g/mol. The van der Waals surface area contributed by atoms with E-state index in [4.69, 9.17) is 9.47 Å². The van der Waals surface area contributed by atoms with Gasteiger partial charge in [-0.15, -0.1) is 10.2 Å². The molecule has 29 heavy (non-hydrogen) atoms. The minimum atomic E-state index is -0.0620. The smallest absolute Gasteiger partial charge is 0.231 e. The number of rotatable bonds is 6. The van der Waals surface area contributed by atoms with Gasteiger partial charge in [-0.1, -0.05) is 35.5 Å². The Kier molecular flexibility index (Phi) is 5.67. The van der Waals surface area contributed by atoms with Crippen molar-refractivity contribution in [2.75, 3.05) is 12.5 Å². The number of fused-ring (bicyclic) bond motifs is 1. The molecule has 1 N–H and O–H groups in total. The second-order valence-corrected chi connectivity index (χ2v) is 7.82. The van der Waals surface area contributed by atoms with Gasteiger partial charge in [-0.2, -0.15) is 0 Å². The SMILES string of the molecule is Cc1ccc(C)c(-c2ccc(SCC(=O)NCc3ccc4c(c3)OCO4)nn2)c1. The molecule has 0 bridgehead atoms. The lowest BCUT2D eigenvalue weighted by Gasteiger charge is -2.07. The highest BCUT2D eigenvalue weighted by molar-refractivity contribution is 7.99. The molecule has 1 aliphatic rings. The van der Waals surface area contributed by atoms with Crippen LogP contribution in [0.3, 0.4) is 0 Å². The second kappa shape index (κ2) is 8.53. The number of benzene rings is 2. The van der Waals surface area contributed by atoms with Crippen LogP contribution in [-0.2, 0) is 11.3 Å². The Morgan fingerprint density at radius 3 is 2.72 bits per heavy atom. The van der Waals surface area contributed by atoms with Crippen LogP contribution in [0.5, 0.6) is 11.5 Å². The van der Waals surface area contributed by atoms with E-state index < -0.39 is 0 Å². The molecule has 0 aliphatic carbocycles. The number of hydrogen-bond acceptors (Lipinski definition) is 6. The maximum atomic E-state index is 12.2. The maximum Gasteiger partial charge on any atom is 0.231 e. The summed E-state index contributed by atoms with van der Waals surface area (Å²) in [5.41, 5.74) is 5.22. The van der Waals surface area contributed by atoms with E-state index in [0.717, 1.165) is 33.2 Å². The molecule has 0 spiro atoms. The number of amides is 1. The van der Waals surface area contributed by atoms with Gasteiger partial charge < -0.3 is 14.8 Å². The molecule has 6 nitrogen and oxygen atoms in total.